The van der Waals surface area contributed by atoms with Crippen molar-refractivity contribution in [3.8, 4) is 0 Å². The molecule has 1 rings (SSSR count). The summed E-state index contributed by atoms with van der Waals surface area (Å²) >= 11 is 1.63. The lowest BCUT2D eigenvalue weighted by Gasteiger charge is -2.10. The molecule has 1 aromatic rings. The molecule has 0 saturated heterocycles. The van der Waals surface area contributed by atoms with Crippen molar-refractivity contribution < 1.29 is 9.90 Å². The van der Waals surface area contributed by atoms with E-state index in [2.05, 4.69) is 6.92 Å². The Hall–Kier alpha value is -0.960. The zero-order valence-electron chi connectivity index (χ0n) is 9.56. The van der Waals surface area contributed by atoms with Crippen LogP contribution in [0, 0.1) is 5.92 Å². The normalized spacial score (nSPS) is 12.3. The van der Waals surface area contributed by atoms with E-state index in [9.17, 15) is 4.79 Å². The predicted octanol–water partition coefficient (Wildman–Crippen LogP) is 3.67. The minimum absolute atomic E-state index is 0.217. The van der Waals surface area contributed by atoms with Crippen molar-refractivity contribution in [2.75, 3.05) is 5.75 Å². The standard InChI is InChI=1S/C13H18O2S/c1-2-3-7-11(13(14)15)10-16-12-8-5-4-6-9-12/h4-6,8-9,11H,2-3,7,10H2,1H3,(H,14,15). The fraction of sp³-hybridized carbons (Fsp3) is 0.462. The van der Waals surface area contributed by atoms with Gasteiger partial charge in [0, 0.05) is 10.6 Å². The Labute approximate surface area is 101 Å². The zero-order chi connectivity index (χ0) is 11.8. The first-order valence-electron chi connectivity index (χ1n) is 5.64. The van der Waals surface area contributed by atoms with E-state index in [0.29, 0.717) is 5.75 Å². The Kier molecular flexibility index (Phi) is 6.01. The lowest BCUT2D eigenvalue weighted by Crippen LogP contribution is -2.16. The number of carboxylic acid groups (broad SMARTS) is 1. The molecule has 0 spiro atoms. The third kappa shape index (κ3) is 4.71. The maximum Gasteiger partial charge on any atom is 0.307 e. The molecule has 1 atom stereocenters. The summed E-state index contributed by atoms with van der Waals surface area (Å²) in [6, 6.07) is 9.96. The van der Waals surface area contributed by atoms with Crippen LogP contribution in [0.1, 0.15) is 26.2 Å². The highest BCUT2D eigenvalue weighted by Crippen LogP contribution is 2.22. The Bertz CT molecular complexity index is 311. The molecule has 3 heteroatoms. The number of hydrogen-bond acceptors (Lipinski definition) is 2. The van der Waals surface area contributed by atoms with Crippen molar-refractivity contribution in [2.24, 2.45) is 5.92 Å². The Balaban J connectivity index is 2.41. The van der Waals surface area contributed by atoms with E-state index in [0.717, 1.165) is 24.2 Å². The summed E-state index contributed by atoms with van der Waals surface area (Å²) in [6.07, 6.45) is 2.83. The van der Waals surface area contributed by atoms with E-state index in [1.165, 1.54) is 0 Å². The van der Waals surface area contributed by atoms with Gasteiger partial charge in [0.15, 0.2) is 0 Å². The molecule has 0 aromatic heterocycles. The van der Waals surface area contributed by atoms with Crippen LogP contribution >= 0.6 is 11.8 Å². The van der Waals surface area contributed by atoms with Crippen molar-refractivity contribution in [3.63, 3.8) is 0 Å². The van der Waals surface area contributed by atoms with Crippen LogP contribution in [0.25, 0.3) is 0 Å². The minimum Gasteiger partial charge on any atom is -0.481 e. The minimum atomic E-state index is -0.670. The average molecular weight is 238 g/mol. The summed E-state index contributed by atoms with van der Waals surface area (Å²) < 4.78 is 0. The Morgan fingerprint density at radius 2 is 2.06 bits per heavy atom. The van der Waals surface area contributed by atoms with Gasteiger partial charge < -0.3 is 5.11 Å². The van der Waals surface area contributed by atoms with Crippen molar-refractivity contribution in [3.05, 3.63) is 30.3 Å². The molecular weight excluding hydrogens is 220 g/mol. The van der Waals surface area contributed by atoms with Crippen molar-refractivity contribution in [1.29, 1.82) is 0 Å². The van der Waals surface area contributed by atoms with Gasteiger partial charge in [-0.05, 0) is 18.6 Å². The third-order valence-electron chi connectivity index (χ3n) is 2.45. The lowest BCUT2D eigenvalue weighted by atomic mass is 10.1. The number of hydrogen-bond donors (Lipinski definition) is 1. The summed E-state index contributed by atoms with van der Waals surface area (Å²) in [5.41, 5.74) is 0. The van der Waals surface area contributed by atoms with Crippen LogP contribution in [0.5, 0.6) is 0 Å². The van der Waals surface area contributed by atoms with Crippen LogP contribution < -0.4 is 0 Å². The smallest absolute Gasteiger partial charge is 0.307 e. The fourth-order valence-corrected chi connectivity index (χ4v) is 2.49. The maximum atomic E-state index is 11.0. The van der Waals surface area contributed by atoms with E-state index < -0.39 is 5.97 Å². The second-order valence-electron chi connectivity index (χ2n) is 3.80. The molecule has 1 aromatic carbocycles. The molecule has 0 saturated carbocycles. The summed E-state index contributed by atoms with van der Waals surface area (Å²) in [4.78, 5) is 12.2. The van der Waals surface area contributed by atoms with E-state index in [-0.39, 0.29) is 5.92 Å². The molecule has 0 bridgehead atoms. The van der Waals surface area contributed by atoms with Crippen LogP contribution in [0.15, 0.2) is 35.2 Å². The molecule has 0 radical (unpaired) electrons. The van der Waals surface area contributed by atoms with Gasteiger partial charge in [-0.1, -0.05) is 38.0 Å². The van der Waals surface area contributed by atoms with E-state index in [4.69, 9.17) is 5.11 Å². The molecule has 0 fully saturated rings. The molecule has 88 valence electrons. The molecule has 0 aliphatic rings. The molecular formula is C13H18O2S. The maximum absolute atomic E-state index is 11.0. The van der Waals surface area contributed by atoms with Crippen LogP contribution in [0.4, 0.5) is 0 Å². The van der Waals surface area contributed by atoms with Crippen LogP contribution in [-0.4, -0.2) is 16.8 Å². The first kappa shape index (κ1) is 13.1. The van der Waals surface area contributed by atoms with E-state index in [1.807, 2.05) is 30.3 Å². The number of rotatable bonds is 7. The quantitative estimate of drug-likeness (QED) is 0.736. The summed E-state index contributed by atoms with van der Waals surface area (Å²) in [6.45, 7) is 2.09. The summed E-state index contributed by atoms with van der Waals surface area (Å²) in [5.74, 6) is -0.221. The number of benzene rings is 1. The van der Waals surface area contributed by atoms with Crippen LogP contribution in [0.2, 0.25) is 0 Å². The van der Waals surface area contributed by atoms with Crippen molar-refractivity contribution in [1.82, 2.24) is 0 Å². The highest BCUT2D eigenvalue weighted by Gasteiger charge is 2.16. The number of carbonyl (C=O) groups is 1. The van der Waals surface area contributed by atoms with Crippen LogP contribution in [-0.2, 0) is 4.79 Å². The van der Waals surface area contributed by atoms with Gasteiger partial charge in [0.1, 0.15) is 0 Å². The second kappa shape index (κ2) is 7.34. The van der Waals surface area contributed by atoms with Gasteiger partial charge in [-0.15, -0.1) is 11.8 Å². The molecule has 16 heavy (non-hydrogen) atoms. The van der Waals surface area contributed by atoms with Gasteiger partial charge in [0.05, 0.1) is 5.92 Å². The monoisotopic (exact) mass is 238 g/mol. The summed E-state index contributed by atoms with van der Waals surface area (Å²) in [7, 11) is 0. The summed E-state index contributed by atoms with van der Waals surface area (Å²) in [5, 5.41) is 9.06. The number of thioether (sulfide) groups is 1. The molecule has 0 amide bonds. The van der Waals surface area contributed by atoms with Crippen molar-refractivity contribution >= 4 is 17.7 Å². The highest BCUT2D eigenvalue weighted by atomic mass is 32.2. The van der Waals surface area contributed by atoms with E-state index in [1.54, 1.807) is 11.8 Å². The van der Waals surface area contributed by atoms with Gasteiger partial charge in [0.2, 0.25) is 0 Å². The molecule has 0 aliphatic heterocycles. The number of aliphatic carboxylic acids is 1. The lowest BCUT2D eigenvalue weighted by molar-refractivity contribution is -0.141. The predicted molar refractivity (Wildman–Crippen MR) is 67.8 cm³/mol. The highest BCUT2D eigenvalue weighted by molar-refractivity contribution is 7.99. The van der Waals surface area contributed by atoms with Gasteiger partial charge in [-0.2, -0.15) is 0 Å². The molecule has 1 N–H and O–H groups in total. The largest absolute Gasteiger partial charge is 0.481 e. The fourth-order valence-electron chi connectivity index (χ4n) is 1.44. The SMILES string of the molecule is CCCCC(CSc1ccccc1)C(=O)O. The average Bonchev–Trinajstić information content (AvgIpc) is 2.30. The Morgan fingerprint density at radius 1 is 1.38 bits per heavy atom. The molecule has 1 unspecified atom stereocenters. The molecule has 0 heterocycles. The topological polar surface area (TPSA) is 37.3 Å². The van der Waals surface area contributed by atoms with Gasteiger partial charge in [-0.3, -0.25) is 4.79 Å². The number of carboxylic acids is 1. The molecule has 0 aliphatic carbocycles. The number of unbranched alkanes of at least 4 members (excludes halogenated alkanes) is 1. The Morgan fingerprint density at radius 3 is 2.62 bits per heavy atom. The zero-order valence-corrected chi connectivity index (χ0v) is 10.4. The first-order valence-corrected chi connectivity index (χ1v) is 6.63. The van der Waals surface area contributed by atoms with Crippen molar-refractivity contribution in [2.45, 2.75) is 31.1 Å². The van der Waals surface area contributed by atoms with Gasteiger partial charge in [0.25, 0.3) is 0 Å². The van der Waals surface area contributed by atoms with Gasteiger partial charge in [-0.25, -0.2) is 0 Å². The van der Waals surface area contributed by atoms with Crippen LogP contribution in [0.3, 0.4) is 0 Å². The van der Waals surface area contributed by atoms with E-state index >= 15 is 0 Å². The first-order chi connectivity index (χ1) is 7.74. The van der Waals surface area contributed by atoms with Gasteiger partial charge >= 0.3 is 5.97 Å². The second-order valence-corrected chi connectivity index (χ2v) is 4.89. The molecule has 2 nitrogen and oxygen atoms in total. The third-order valence-corrected chi connectivity index (χ3v) is 3.62.